The summed E-state index contributed by atoms with van der Waals surface area (Å²) in [6, 6.07) is 16.4. The van der Waals surface area contributed by atoms with E-state index in [1.54, 1.807) is 31.4 Å². The summed E-state index contributed by atoms with van der Waals surface area (Å²) >= 11 is 7.28. The lowest BCUT2D eigenvalue weighted by Crippen LogP contribution is -2.48. The van der Waals surface area contributed by atoms with E-state index in [9.17, 15) is 15.2 Å². The number of carbonyl (C=O) groups excluding carboxylic acids is 1. The summed E-state index contributed by atoms with van der Waals surface area (Å²) in [5.74, 6) is 0.348. The fraction of sp³-hybridized carbons (Fsp3) is 0.238. The van der Waals surface area contributed by atoms with Crippen LogP contribution >= 0.6 is 23.4 Å². The van der Waals surface area contributed by atoms with Crippen LogP contribution < -0.4 is 4.74 Å². The molecule has 0 aromatic heterocycles. The van der Waals surface area contributed by atoms with Crippen LogP contribution in [0.1, 0.15) is 23.5 Å². The van der Waals surface area contributed by atoms with Gasteiger partial charge in [0, 0.05) is 22.9 Å². The van der Waals surface area contributed by atoms with Gasteiger partial charge in [-0.2, -0.15) is 5.26 Å². The Balaban J connectivity index is 1.79. The number of carbonyl (C=O) groups is 1. The van der Waals surface area contributed by atoms with E-state index in [2.05, 4.69) is 6.07 Å². The van der Waals surface area contributed by atoms with Crippen LogP contribution in [0.2, 0.25) is 5.02 Å². The van der Waals surface area contributed by atoms with E-state index in [0.717, 1.165) is 5.56 Å². The van der Waals surface area contributed by atoms with Crippen molar-refractivity contribution in [2.24, 2.45) is 0 Å². The minimum Gasteiger partial charge on any atom is -0.497 e. The normalized spacial score (nSPS) is 24.1. The fourth-order valence-electron chi connectivity index (χ4n) is 3.70. The van der Waals surface area contributed by atoms with E-state index >= 15 is 0 Å². The second-order valence-corrected chi connectivity index (χ2v) is 8.11. The molecule has 2 atom stereocenters. The quantitative estimate of drug-likeness (QED) is 0.825. The number of allylic oxidation sites excluding steroid dienone is 1. The van der Waals surface area contributed by atoms with E-state index < -0.39 is 5.72 Å². The van der Waals surface area contributed by atoms with E-state index in [-0.39, 0.29) is 24.0 Å². The molecule has 0 aliphatic carbocycles. The first kappa shape index (κ1) is 18.9. The third-order valence-corrected chi connectivity index (χ3v) is 6.59. The summed E-state index contributed by atoms with van der Waals surface area (Å²) in [5.41, 5.74) is 0.412. The highest BCUT2D eigenvalue weighted by Gasteiger charge is 2.51. The molecule has 0 radical (unpaired) electrons. The summed E-state index contributed by atoms with van der Waals surface area (Å²) in [6.45, 7) is 0. The maximum atomic E-state index is 13.1. The van der Waals surface area contributed by atoms with Crippen molar-refractivity contribution in [3.63, 3.8) is 0 Å². The van der Waals surface area contributed by atoms with Crippen molar-refractivity contribution in [1.82, 2.24) is 4.90 Å². The lowest BCUT2D eigenvalue weighted by Gasteiger charge is -2.38. The Labute approximate surface area is 172 Å². The van der Waals surface area contributed by atoms with Crippen molar-refractivity contribution in [3.05, 3.63) is 75.3 Å². The summed E-state index contributed by atoms with van der Waals surface area (Å²) < 4.78 is 5.28. The highest BCUT2D eigenvalue weighted by molar-refractivity contribution is 8.03. The number of benzene rings is 2. The average Bonchev–Trinajstić information content (AvgIpc) is 3.07. The number of aliphatic hydroxyl groups is 1. The van der Waals surface area contributed by atoms with Gasteiger partial charge in [-0.05, 0) is 29.8 Å². The van der Waals surface area contributed by atoms with Gasteiger partial charge in [-0.1, -0.05) is 35.9 Å². The Bertz CT molecular complexity index is 1020. The van der Waals surface area contributed by atoms with Gasteiger partial charge in [0.05, 0.1) is 29.5 Å². The van der Waals surface area contributed by atoms with Gasteiger partial charge in [0.25, 0.3) is 0 Å². The van der Waals surface area contributed by atoms with Crippen molar-refractivity contribution < 1.29 is 14.6 Å². The SMILES string of the molecule is COc1cccc([C@@H]2CC(=O)N3C(=C2C#N)SC[C@]3(O)c2ccc(Cl)cc2)c1. The van der Waals surface area contributed by atoms with Crippen LogP contribution in [0.15, 0.2) is 59.1 Å². The fourth-order valence-corrected chi connectivity index (χ4v) is 5.18. The number of ether oxygens (including phenoxy) is 1. The number of fused-ring (bicyclic) bond motifs is 1. The van der Waals surface area contributed by atoms with E-state index in [4.69, 9.17) is 16.3 Å². The Hall–Kier alpha value is -2.46. The predicted octanol–water partition coefficient (Wildman–Crippen LogP) is 3.99. The molecular formula is C21H17ClN2O3S. The van der Waals surface area contributed by atoms with E-state index in [1.807, 2.05) is 24.3 Å². The predicted molar refractivity (Wildman–Crippen MR) is 108 cm³/mol. The number of methoxy groups -OCH3 is 1. The van der Waals surface area contributed by atoms with Gasteiger partial charge >= 0.3 is 0 Å². The summed E-state index contributed by atoms with van der Waals surface area (Å²) in [7, 11) is 1.58. The third kappa shape index (κ3) is 2.96. The molecule has 0 bridgehead atoms. The standard InChI is InChI=1S/C21H17ClN2O3S/c1-27-16-4-2-3-13(9-16)17-10-19(25)24-20(18(17)11-23)28-12-21(24,26)14-5-7-15(22)8-6-14/h2-9,17,26H,10,12H2,1H3/t17-,21-/m0/s1. The smallest absolute Gasteiger partial charge is 0.231 e. The summed E-state index contributed by atoms with van der Waals surface area (Å²) in [4.78, 5) is 14.5. The van der Waals surface area contributed by atoms with Gasteiger partial charge in [0.1, 0.15) is 5.75 Å². The highest BCUT2D eigenvalue weighted by Crippen LogP contribution is 2.51. The van der Waals surface area contributed by atoms with Gasteiger partial charge in [-0.3, -0.25) is 9.69 Å². The van der Waals surface area contributed by atoms with Crippen molar-refractivity contribution >= 4 is 29.3 Å². The molecule has 0 spiro atoms. The number of hydrogen-bond donors (Lipinski definition) is 1. The molecule has 5 nitrogen and oxygen atoms in total. The molecule has 1 saturated heterocycles. The number of nitrogens with zero attached hydrogens (tertiary/aromatic N) is 2. The Kier molecular flexibility index (Phi) is 4.84. The molecule has 7 heteroatoms. The Morgan fingerprint density at radius 3 is 2.75 bits per heavy atom. The minimum atomic E-state index is -1.50. The summed E-state index contributed by atoms with van der Waals surface area (Å²) in [5, 5.41) is 22.3. The first-order valence-electron chi connectivity index (χ1n) is 8.70. The van der Waals surface area contributed by atoms with Crippen LogP contribution in [0, 0.1) is 11.3 Å². The molecule has 4 rings (SSSR count). The number of rotatable bonds is 3. The van der Waals surface area contributed by atoms with Crippen molar-refractivity contribution in [3.8, 4) is 11.8 Å². The van der Waals surface area contributed by atoms with Crippen molar-refractivity contribution in [2.45, 2.75) is 18.1 Å². The number of halogens is 1. The number of amides is 1. The molecule has 2 aliphatic heterocycles. The molecule has 0 unspecified atom stereocenters. The van der Waals surface area contributed by atoms with Gasteiger partial charge in [-0.25, -0.2) is 0 Å². The van der Waals surface area contributed by atoms with E-state index in [1.165, 1.54) is 16.7 Å². The zero-order valence-electron chi connectivity index (χ0n) is 15.1. The first-order chi connectivity index (χ1) is 13.5. The van der Waals surface area contributed by atoms with Gasteiger partial charge < -0.3 is 9.84 Å². The second kappa shape index (κ2) is 7.17. The molecule has 1 amide bonds. The maximum Gasteiger partial charge on any atom is 0.231 e. The molecule has 1 N–H and O–H groups in total. The number of hydrogen-bond acceptors (Lipinski definition) is 5. The molecule has 2 aromatic rings. The Morgan fingerprint density at radius 1 is 1.32 bits per heavy atom. The molecule has 2 aromatic carbocycles. The average molecular weight is 413 g/mol. The van der Waals surface area contributed by atoms with Crippen LogP contribution in [0.4, 0.5) is 0 Å². The van der Waals surface area contributed by atoms with Crippen LogP contribution in [0.5, 0.6) is 5.75 Å². The van der Waals surface area contributed by atoms with Gasteiger partial charge in [0.15, 0.2) is 5.72 Å². The third-order valence-electron chi connectivity index (χ3n) is 5.11. The zero-order chi connectivity index (χ0) is 19.9. The highest BCUT2D eigenvalue weighted by atomic mass is 35.5. The lowest BCUT2D eigenvalue weighted by molar-refractivity contribution is -0.149. The van der Waals surface area contributed by atoms with Crippen molar-refractivity contribution in [1.29, 1.82) is 5.26 Å². The van der Waals surface area contributed by atoms with Gasteiger partial charge in [-0.15, -0.1) is 11.8 Å². The molecule has 28 heavy (non-hydrogen) atoms. The van der Waals surface area contributed by atoms with Crippen LogP contribution in [0.3, 0.4) is 0 Å². The topological polar surface area (TPSA) is 73.6 Å². The van der Waals surface area contributed by atoms with E-state index in [0.29, 0.717) is 26.9 Å². The molecule has 2 aliphatic rings. The molecule has 2 heterocycles. The number of thioether (sulfide) groups is 1. The molecule has 0 saturated carbocycles. The second-order valence-electron chi connectivity index (χ2n) is 6.71. The minimum absolute atomic E-state index is 0.107. The van der Waals surface area contributed by atoms with Gasteiger partial charge in [0.2, 0.25) is 5.91 Å². The maximum absolute atomic E-state index is 13.1. The molecule has 1 fully saturated rings. The van der Waals surface area contributed by atoms with Crippen LogP contribution in [-0.2, 0) is 10.5 Å². The Morgan fingerprint density at radius 2 is 2.07 bits per heavy atom. The van der Waals surface area contributed by atoms with Crippen LogP contribution in [-0.4, -0.2) is 28.8 Å². The zero-order valence-corrected chi connectivity index (χ0v) is 16.6. The molecule has 142 valence electrons. The summed E-state index contributed by atoms with van der Waals surface area (Å²) in [6.07, 6.45) is 0.107. The first-order valence-corrected chi connectivity index (χ1v) is 10.1. The van der Waals surface area contributed by atoms with Crippen molar-refractivity contribution in [2.75, 3.05) is 12.9 Å². The largest absolute Gasteiger partial charge is 0.497 e. The lowest BCUT2D eigenvalue weighted by atomic mass is 9.85. The molecular weight excluding hydrogens is 396 g/mol. The number of nitriles is 1. The monoisotopic (exact) mass is 412 g/mol. The van der Waals surface area contributed by atoms with Crippen LogP contribution in [0.25, 0.3) is 0 Å².